The molecule has 1 atom stereocenters. The first-order valence-electron chi connectivity index (χ1n) is 9.00. The second-order valence-corrected chi connectivity index (χ2v) is 6.96. The molecule has 0 N–H and O–H groups in total. The van der Waals surface area contributed by atoms with Crippen molar-refractivity contribution >= 4 is 11.8 Å². The van der Waals surface area contributed by atoms with Gasteiger partial charge in [-0.1, -0.05) is 0 Å². The number of imidazole rings is 1. The number of aryl methyl sites for hydroxylation is 2. The van der Waals surface area contributed by atoms with Crippen LogP contribution >= 0.6 is 0 Å². The summed E-state index contributed by atoms with van der Waals surface area (Å²) in [6.07, 6.45) is 3.95. The minimum absolute atomic E-state index is 0.433. The van der Waals surface area contributed by atoms with Crippen molar-refractivity contribution in [1.82, 2.24) is 24.4 Å². The van der Waals surface area contributed by atoms with Gasteiger partial charge in [-0.15, -0.1) is 0 Å². The average molecular weight is 343 g/mol. The Hall–Kier alpha value is -2.15. The summed E-state index contributed by atoms with van der Waals surface area (Å²) in [6, 6.07) is 2.45. The SMILES string of the molecule is CCn1ccnc1CN1CCN(c2nc(C)cc(N(C)C)n2)C[C@@H]1C. The van der Waals surface area contributed by atoms with Crippen LogP contribution in [0.2, 0.25) is 0 Å². The summed E-state index contributed by atoms with van der Waals surface area (Å²) in [6.45, 7) is 11.2. The lowest BCUT2D eigenvalue weighted by Gasteiger charge is -2.39. The summed E-state index contributed by atoms with van der Waals surface area (Å²) in [4.78, 5) is 20.7. The zero-order valence-corrected chi connectivity index (χ0v) is 16.0. The van der Waals surface area contributed by atoms with Crippen LogP contribution in [0.15, 0.2) is 18.5 Å². The van der Waals surface area contributed by atoms with Crippen LogP contribution < -0.4 is 9.80 Å². The van der Waals surface area contributed by atoms with Crippen molar-refractivity contribution in [2.24, 2.45) is 0 Å². The Labute approximate surface area is 150 Å². The minimum Gasteiger partial charge on any atom is -0.363 e. The first-order chi connectivity index (χ1) is 12.0. The highest BCUT2D eigenvalue weighted by molar-refractivity contribution is 5.45. The molecule has 0 aliphatic carbocycles. The smallest absolute Gasteiger partial charge is 0.227 e. The molecular formula is C18H29N7. The Morgan fingerprint density at radius 1 is 1.24 bits per heavy atom. The summed E-state index contributed by atoms with van der Waals surface area (Å²) in [5.41, 5.74) is 1.01. The van der Waals surface area contributed by atoms with Gasteiger partial charge in [-0.05, 0) is 20.8 Å². The molecule has 3 heterocycles. The molecule has 0 spiro atoms. The summed E-state index contributed by atoms with van der Waals surface area (Å²) in [5, 5.41) is 0. The molecule has 0 bridgehead atoms. The second kappa shape index (κ2) is 7.39. The van der Waals surface area contributed by atoms with Crippen molar-refractivity contribution in [3.05, 3.63) is 30.0 Å². The lowest BCUT2D eigenvalue weighted by Crippen LogP contribution is -2.52. The maximum absolute atomic E-state index is 4.73. The highest BCUT2D eigenvalue weighted by atomic mass is 15.3. The largest absolute Gasteiger partial charge is 0.363 e. The molecule has 136 valence electrons. The minimum atomic E-state index is 0.433. The van der Waals surface area contributed by atoms with Crippen molar-refractivity contribution in [2.75, 3.05) is 43.5 Å². The quantitative estimate of drug-likeness (QED) is 0.825. The molecule has 2 aromatic heterocycles. The summed E-state index contributed by atoms with van der Waals surface area (Å²) < 4.78 is 2.21. The molecule has 0 aromatic carbocycles. The van der Waals surface area contributed by atoms with Crippen LogP contribution in [0.5, 0.6) is 0 Å². The van der Waals surface area contributed by atoms with Crippen molar-refractivity contribution in [3.63, 3.8) is 0 Å². The maximum atomic E-state index is 4.73. The number of hydrogen-bond acceptors (Lipinski definition) is 6. The number of anilines is 2. The van der Waals surface area contributed by atoms with Gasteiger partial charge >= 0.3 is 0 Å². The molecule has 0 saturated carbocycles. The van der Waals surface area contributed by atoms with Crippen LogP contribution in [0.3, 0.4) is 0 Å². The van der Waals surface area contributed by atoms with E-state index in [1.165, 1.54) is 0 Å². The number of piperazine rings is 1. The van der Waals surface area contributed by atoms with E-state index in [4.69, 9.17) is 4.98 Å². The number of nitrogens with zero attached hydrogens (tertiary/aromatic N) is 7. The predicted octanol–water partition coefficient (Wildman–Crippen LogP) is 1.78. The monoisotopic (exact) mass is 343 g/mol. The van der Waals surface area contributed by atoms with Gasteiger partial charge in [-0.3, -0.25) is 4.90 Å². The van der Waals surface area contributed by atoms with Crippen LogP contribution in [0.1, 0.15) is 25.4 Å². The molecule has 0 amide bonds. The van der Waals surface area contributed by atoms with Crippen LogP contribution in [0.4, 0.5) is 11.8 Å². The van der Waals surface area contributed by atoms with Gasteiger partial charge in [-0.25, -0.2) is 9.97 Å². The highest BCUT2D eigenvalue weighted by Crippen LogP contribution is 2.20. The van der Waals surface area contributed by atoms with E-state index in [9.17, 15) is 0 Å². The van der Waals surface area contributed by atoms with Gasteiger partial charge in [0.2, 0.25) is 5.95 Å². The van der Waals surface area contributed by atoms with Crippen molar-refractivity contribution in [3.8, 4) is 0 Å². The van der Waals surface area contributed by atoms with Crippen LogP contribution in [0, 0.1) is 6.92 Å². The Bertz CT molecular complexity index is 709. The zero-order valence-electron chi connectivity index (χ0n) is 16.0. The van der Waals surface area contributed by atoms with Gasteiger partial charge in [0.05, 0.1) is 6.54 Å². The molecule has 25 heavy (non-hydrogen) atoms. The van der Waals surface area contributed by atoms with E-state index in [2.05, 4.69) is 44.4 Å². The third-order valence-corrected chi connectivity index (χ3v) is 4.82. The molecule has 1 saturated heterocycles. The first kappa shape index (κ1) is 17.7. The summed E-state index contributed by atoms with van der Waals surface area (Å²) >= 11 is 0. The molecule has 3 rings (SSSR count). The normalized spacial score (nSPS) is 18.6. The van der Waals surface area contributed by atoms with Gasteiger partial charge in [0.25, 0.3) is 0 Å². The topological polar surface area (TPSA) is 53.3 Å². The molecule has 1 fully saturated rings. The van der Waals surface area contributed by atoms with E-state index in [0.29, 0.717) is 6.04 Å². The van der Waals surface area contributed by atoms with Crippen molar-refractivity contribution < 1.29 is 0 Å². The van der Waals surface area contributed by atoms with Crippen LogP contribution in [0.25, 0.3) is 0 Å². The first-order valence-corrected chi connectivity index (χ1v) is 9.00. The van der Waals surface area contributed by atoms with Crippen LogP contribution in [-0.4, -0.2) is 64.2 Å². The number of rotatable bonds is 5. The summed E-state index contributed by atoms with van der Waals surface area (Å²) in [7, 11) is 4.03. The Morgan fingerprint density at radius 3 is 2.72 bits per heavy atom. The fraction of sp³-hybridized carbons (Fsp3) is 0.611. The Balaban J connectivity index is 1.69. The third-order valence-electron chi connectivity index (χ3n) is 4.82. The lowest BCUT2D eigenvalue weighted by molar-refractivity contribution is 0.173. The van der Waals surface area contributed by atoms with Crippen molar-refractivity contribution in [2.45, 2.75) is 39.9 Å². The van der Waals surface area contributed by atoms with Gasteiger partial charge < -0.3 is 14.4 Å². The van der Waals surface area contributed by atoms with Gasteiger partial charge in [0, 0.05) is 70.5 Å². The fourth-order valence-electron chi connectivity index (χ4n) is 3.28. The maximum Gasteiger partial charge on any atom is 0.227 e. The van der Waals surface area contributed by atoms with Gasteiger partial charge in [-0.2, -0.15) is 4.98 Å². The number of hydrogen-bond donors (Lipinski definition) is 0. The molecule has 0 radical (unpaired) electrons. The van der Waals surface area contributed by atoms with Crippen LogP contribution in [-0.2, 0) is 13.1 Å². The van der Waals surface area contributed by atoms with E-state index in [-0.39, 0.29) is 0 Å². The standard InChI is InChI=1S/C18H29N7/c1-6-23-8-7-19-17(23)13-24-9-10-25(12-15(24)3)18-20-14(2)11-16(21-18)22(4)5/h7-8,11,15H,6,9-10,12-13H2,1-5H3/t15-/m0/s1. The fourth-order valence-corrected chi connectivity index (χ4v) is 3.28. The van der Waals surface area contributed by atoms with Crippen molar-refractivity contribution in [1.29, 1.82) is 0 Å². The van der Waals surface area contributed by atoms with E-state index in [0.717, 1.165) is 56.0 Å². The molecule has 7 nitrogen and oxygen atoms in total. The third kappa shape index (κ3) is 3.92. The van der Waals surface area contributed by atoms with Gasteiger partial charge in [0.15, 0.2) is 0 Å². The lowest BCUT2D eigenvalue weighted by atomic mass is 10.2. The average Bonchev–Trinajstić information content (AvgIpc) is 3.03. The molecular weight excluding hydrogens is 314 g/mol. The Kier molecular flexibility index (Phi) is 5.22. The number of aromatic nitrogens is 4. The zero-order chi connectivity index (χ0) is 18.0. The molecule has 1 aliphatic rings. The molecule has 2 aromatic rings. The van der Waals surface area contributed by atoms with Gasteiger partial charge in [0.1, 0.15) is 11.6 Å². The van der Waals surface area contributed by atoms with E-state index >= 15 is 0 Å². The van der Waals surface area contributed by atoms with E-state index < -0.39 is 0 Å². The predicted molar refractivity (Wildman–Crippen MR) is 101 cm³/mol. The second-order valence-electron chi connectivity index (χ2n) is 6.96. The molecule has 1 aliphatic heterocycles. The van der Waals surface area contributed by atoms with E-state index in [1.807, 2.05) is 38.2 Å². The molecule has 0 unspecified atom stereocenters. The summed E-state index contributed by atoms with van der Waals surface area (Å²) in [5.74, 6) is 2.94. The highest BCUT2D eigenvalue weighted by Gasteiger charge is 2.26. The molecule has 7 heteroatoms. The van der Waals surface area contributed by atoms with E-state index in [1.54, 1.807) is 0 Å². The Morgan fingerprint density at radius 2 is 2.04 bits per heavy atom.